The molecular formula is C20H22N2O5. The number of carboxylic acids is 1. The van der Waals surface area contributed by atoms with Crippen LogP contribution in [-0.4, -0.2) is 36.5 Å². The van der Waals surface area contributed by atoms with Gasteiger partial charge in [-0.3, -0.25) is 10.2 Å². The van der Waals surface area contributed by atoms with Crippen LogP contribution in [-0.2, 0) is 14.3 Å². The van der Waals surface area contributed by atoms with Crippen molar-refractivity contribution in [1.29, 1.82) is 0 Å². The molecule has 27 heavy (non-hydrogen) atoms. The van der Waals surface area contributed by atoms with E-state index in [-0.39, 0.29) is 18.7 Å². The molecule has 0 unspecified atom stereocenters. The molecule has 0 amide bonds. The number of carbonyl (C=O) groups excluding carboxylic acids is 1. The Hall–Kier alpha value is -3.35. The van der Waals surface area contributed by atoms with Gasteiger partial charge in [-0.05, 0) is 36.8 Å². The highest BCUT2D eigenvalue weighted by molar-refractivity contribution is 6.39. The van der Waals surface area contributed by atoms with Crippen molar-refractivity contribution < 1.29 is 24.2 Å². The van der Waals surface area contributed by atoms with E-state index < -0.39 is 17.9 Å². The van der Waals surface area contributed by atoms with E-state index in [9.17, 15) is 14.7 Å². The average molecular weight is 370 g/mol. The van der Waals surface area contributed by atoms with E-state index in [2.05, 4.69) is 10.5 Å². The van der Waals surface area contributed by atoms with Gasteiger partial charge in [-0.25, -0.2) is 4.79 Å². The Balaban J connectivity index is 2.36. The van der Waals surface area contributed by atoms with Gasteiger partial charge in [0.2, 0.25) is 0 Å². The van der Waals surface area contributed by atoms with Crippen LogP contribution in [0.3, 0.4) is 0 Å². The molecule has 1 atom stereocenters. The molecule has 0 aliphatic heterocycles. The first kappa shape index (κ1) is 20.0. The number of carbonyl (C=O) groups is 2. The first-order chi connectivity index (χ1) is 13.0. The maximum absolute atomic E-state index is 12.5. The van der Waals surface area contributed by atoms with Gasteiger partial charge in [0.05, 0.1) is 25.8 Å². The molecule has 0 saturated heterocycles. The van der Waals surface area contributed by atoms with Crippen molar-refractivity contribution >= 4 is 23.3 Å². The largest absolute Gasteiger partial charge is 0.497 e. The molecule has 0 saturated carbocycles. The summed E-state index contributed by atoms with van der Waals surface area (Å²) in [5, 5.41) is 13.5. The summed E-state index contributed by atoms with van der Waals surface area (Å²) in [5.41, 5.74) is 4.09. The third-order valence-corrected chi connectivity index (χ3v) is 3.79. The van der Waals surface area contributed by atoms with Gasteiger partial charge in [0.1, 0.15) is 5.75 Å². The monoisotopic (exact) mass is 370 g/mol. The number of aliphatic carboxylic acids is 1. The molecule has 0 spiro atoms. The molecule has 0 fully saturated rings. The van der Waals surface area contributed by atoms with Crippen molar-refractivity contribution in [3.05, 3.63) is 60.2 Å². The van der Waals surface area contributed by atoms with Crippen LogP contribution in [0.2, 0.25) is 0 Å². The van der Waals surface area contributed by atoms with Crippen molar-refractivity contribution in [3.63, 3.8) is 0 Å². The van der Waals surface area contributed by atoms with E-state index in [0.717, 1.165) is 0 Å². The summed E-state index contributed by atoms with van der Waals surface area (Å²) < 4.78 is 10.2. The zero-order valence-electron chi connectivity index (χ0n) is 15.2. The SMILES string of the molecule is CCOC(=O)/C(=N\Nc1ccc(OC)cc1)[C@H](CC(=O)O)c1ccccc1. The predicted molar refractivity (Wildman–Crippen MR) is 102 cm³/mol. The van der Waals surface area contributed by atoms with Gasteiger partial charge in [-0.1, -0.05) is 30.3 Å². The van der Waals surface area contributed by atoms with Crippen molar-refractivity contribution in [2.24, 2.45) is 5.10 Å². The van der Waals surface area contributed by atoms with Gasteiger partial charge < -0.3 is 14.6 Å². The maximum Gasteiger partial charge on any atom is 0.355 e. The number of methoxy groups -OCH3 is 1. The van der Waals surface area contributed by atoms with Crippen LogP contribution in [0.4, 0.5) is 5.69 Å². The maximum atomic E-state index is 12.5. The molecule has 7 heteroatoms. The lowest BCUT2D eigenvalue weighted by Crippen LogP contribution is -2.27. The van der Waals surface area contributed by atoms with Crippen molar-refractivity contribution in [3.8, 4) is 5.75 Å². The Bertz CT molecular complexity index is 788. The molecule has 0 aliphatic rings. The summed E-state index contributed by atoms with van der Waals surface area (Å²) in [6.07, 6.45) is -0.286. The van der Waals surface area contributed by atoms with Gasteiger partial charge >= 0.3 is 11.9 Å². The molecule has 2 aromatic rings. The highest BCUT2D eigenvalue weighted by Crippen LogP contribution is 2.23. The zero-order chi connectivity index (χ0) is 19.6. The van der Waals surface area contributed by atoms with E-state index in [1.165, 1.54) is 0 Å². The fourth-order valence-corrected chi connectivity index (χ4v) is 2.49. The second-order valence-electron chi connectivity index (χ2n) is 5.62. The third kappa shape index (κ3) is 5.85. The van der Waals surface area contributed by atoms with Gasteiger partial charge in [-0.15, -0.1) is 0 Å². The van der Waals surface area contributed by atoms with Crippen LogP contribution < -0.4 is 10.2 Å². The Morgan fingerprint density at radius 3 is 2.33 bits per heavy atom. The number of carboxylic acid groups (broad SMARTS) is 1. The van der Waals surface area contributed by atoms with Gasteiger partial charge in [0, 0.05) is 5.92 Å². The molecule has 2 aromatic carbocycles. The van der Waals surface area contributed by atoms with E-state index in [1.54, 1.807) is 62.6 Å². The quantitative estimate of drug-likeness (QED) is 0.399. The van der Waals surface area contributed by atoms with Gasteiger partial charge in [0.15, 0.2) is 5.71 Å². The summed E-state index contributed by atoms with van der Waals surface area (Å²) in [6, 6.07) is 15.9. The molecule has 2 rings (SSSR count). The number of hydrazone groups is 1. The average Bonchev–Trinajstić information content (AvgIpc) is 2.68. The molecule has 0 bridgehead atoms. The van der Waals surface area contributed by atoms with Crippen LogP contribution in [0.25, 0.3) is 0 Å². The smallest absolute Gasteiger partial charge is 0.355 e. The van der Waals surface area contributed by atoms with Crippen LogP contribution in [0.15, 0.2) is 59.7 Å². The molecule has 0 heterocycles. The number of hydrogen-bond acceptors (Lipinski definition) is 6. The Morgan fingerprint density at radius 1 is 1.11 bits per heavy atom. The van der Waals surface area contributed by atoms with Crippen LogP contribution in [0, 0.1) is 0 Å². The van der Waals surface area contributed by atoms with E-state index in [4.69, 9.17) is 9.47 Å². The number of nitrogens with zero attached hydrogens (tertiary/aromatic N) is 1. The molecule has 7 nitrogen and oxygen atoms in total. The normalized spacial score (nSPS) is 12.1. The summed E-state index contributed by atoms with van der Waals surface area (Å²) in [6.45, 7) is 1.84. The van der Waals surface area contributed by atoms with Crippen LogP contribution in [0.5, 0.6) is 5.75 Å². The van der Waals surface area contributed by atoms with Gasteiger partial charge in [0.25, 0.3) is 0 Å². The lowest BCUT2D eigenvalue weighted by Gasteiger charge is -2.17. The van der Waals surface area contributed by atoms with E-state index in [0.29, 0.717) is 17.0 Å². The minimum Gasteiger partial charge on any atom is -0.497 e. The van der Waals surface area contributed by atoms with Gasteiger partial charge in [-0.2, -0.15) is 5.10 Å². The number of hydrogen-bond donors (Lipinski definition) is 2. The standard InChI is InChI=1S/C20H22N2O5/c1-3-27-20(25)19(22-21-15-9-11-16(26-2)12-10-15)17(13-18(23)24)14-7-5-4-6-8-14/h4-12,17,21H,3,13H2,1-2H3,(H,23,24)/b22-19-/t17-/m1/s1. The van der Waals surface area contributed by atoms with E-state index in [1.807, 2.05) is 6.07 Å². The summed E-state index contributed by atoms with van der Waals surface area (Å²) in [7, 11) is 1.57. The number of benzene rings is 2. The number of nitrogens with one attached hydrogen (secondary N) is 1. The number of esters is 1. The lowest BCUT2D eigenvalue weighted by atomic mass is 9.91. The molecule has 0 radical (unpaired) electrons. The molecule has 142 valence electrons. The molecule has 0 aromatic heterocycles. The Morgan fingerprint density at radius 2 is 1.78 bits per heavy atom. The molecule has 2 N–H and O–H groups in total. The minimum atomic E-state index is -1.04. The zero-order valence-corrected chi connectivity index (χ0v) is 15.2. The lowest BCUT2D eigenvalue weighted by molar-refractivity contribution is -0.137. The van der Waals surface area contributed by atoms with E-state index >= 15 is 0 Å². The second-order valence-corrected chi connectivity index (χ2v) is 5.62. The highest BCUT2D eigenvalue weighted by Gasteiger charge is 2.28. The second kappa shape index (κ2) is 9.96. The third-order valence-electron chi connectivity index (χ3n) is 3.79. The fourth-order valence-electron chi connectivity index (χ4n) is 2.49. The summed E-state index contributed by atoms with van der Waals surface area (Å²) >= 11 is 0. The van der Waals surface area contributed by atoms with Crippen molar-refractivity contribution in [2.75, 3.05) is 19.1 Å². The Labute approximate surface area is 157 Å². The van der Waals surface area contributed by atoms with Crippen LogP contribution in [0.1, 0.15) is 24.8 Å². The first-order valence-corrected chi connectivity index (χ1v) is 8.46. The number of rotatable bonds is 9. The minimum absolute atomic E-state index is 0.00117. The number of anilines is 1. The first-order valence-electron chi connectivity index (χ1n) is 8.46. The summed E-state index contributed by atoms with van der Waals surface area (Å²) in [4.78, 5) is 23.8. The van der Waals surface area contributed by atoms with Crippen molar-refractivity contribution in [2.45, 2.75) is 19.3 Å². The highest BCUT2D eigenvalue weighted by atomic mass is 16.5. The predicted octanol–water partition coefficient (Wildman–Crippen LogP) is 3.28. The number of ether oxygens (including phenoxy) is 2. The topological polar surface area (TPSA) is 97.2 Å². The van der Waals surface area contributed by atoms with Crippen molar-refractivity contribution in [1.82, 2.24) is 0 Å². The molecule has 0 aliphatic carbocycles. The van der Waals surface area contributed by atoms with Crippen LogP contribution >= 0.6 is 0 Å². The fraction of sp³-hybridized carbons (Fsp3) is 0.250. The molecular weight excluding hydrogens is 348 g/mol. The Kier molecular flexibility index (Phi) is 7.37. The summed E-state index contributed by atoms with van der Waals surface area (Å²) in [5.74, 6) is -1.75.